The molecule has 29 heavy (non-hydrogen) atoms. The van der Waals surface area contributed by atoms with Gasteiger partial charge in [-0.3, -0.25) is 5.41 Å². The molecule has 3 aromatic rings. The van der Waals surface area contributed by atoms with Crippen molar-refractivity contribution in [2.45, 2.75) is 0 Å². The molecule has 8 heteroatoms. The smallest absolute Gasteiger partial charge is 0.161 e. The number of halogens is 1. The lowest BCUT2D eigenvalue weighted by Gasteiger charge is -2.18. The van der Waals surface area contributed by atoms with Crippen LogP contribution < -0.4 is 14.4 Å². The molecule has 0 atom stereocenters. The van der Waals surface area contributed by atoms with E-state index in [1.54, 1.807) is 37.3 Å². The Labute approximate surface area is 171 Å². The largest absolute Gasteiger partial charge is 0.510 e. The van der Waals surface area contributed by atoms with Crippen molar-refractivity contribution < 1.29 is 19.0 Å². The molecule has 0 fully saturated rings. The second-order valence-electron chi connectivity index (χ2n) is 6.34. The minimum absolute atomic E-state index is 0.0625. The minimum atomic E-state index is -0.351. The highest BCUT2D eigenvalue weighted by molar-refractivity contribution is 7.11. The fourth-order valence-electron chi connectivity index (χ4n) is 3.16. The summed E-state index contributed by atoms with van der Waals surface area (Å²) in [6, 6.07) is 11.3. The van der Waals surface area contributed by atoms with Crippen molar-refractivity contribution in [2.75, 3.05) is 25.7 Å². The van der Waals surface area contributed by atoms with Gasteiger partial charge in [-0.25, -0.2) is 9.37 Å². The van der Waals surface area contributed by atoms with E-state index in [9.17, 15) is 9.50 Å². The van der Waals surface area contributed by atoms with E-state index in [0.717, 1.165) is 5.56 Å². The number of methoxy groups -OCH3 is 2. The number of ether oxygens (including phenoxy) is 2. The zero-order valence-corrected chi connectivity index (χ0v) is 16.6. The van der Waals surface area contributed by atoms with Crippen molar-refractivity contribution in [3.63, 3.8) is 0 Å². The molecule has 148 valence electrons. The lowest BCUT2D eigenvalue weighted by molar-refractivity contribution is 0.355. The third-order valence-electron chi connectivity index (χ3n) is 4.64. The molecule has 2 N–H and O–H groups in total. The monoisotopic (exact) mass is 411 g/mol. The van der Waals surface area contributed by atoms with Crippen LogP contribution in [0.25, 0.3) is 16.8 Å². The summed E-state index contributed by atoms with van der Waals surface area (Å²) in [5.74, 6) is 1.06. The first-order chi connectivity index (χ1) is 14.0. The number of aromatic nitrogens is 1. The Balaban J connectivity index is 1.63. The van der Waals surface area contributed by atoms with Crippen molar-refractivity contribution in [3.05, 3.63) is 64.4 Å². The fraction of sp³-hybridized carbons (Fsp3) is 0.143. The van der Waals surface area contributed by atoms with E-state index in [0.29, 0.717) is 33.5 Å². The number of hydrogen-bond donors (Lipinski definition) is 2. The fourth-order valence-corrected chi connectivity index (χ4v) is 4.06. The average Bonchev–Trinajstić information content (AvgIpc) is 3.32. The van der Waals surface area contributed by atoms with Gasteiger partial charge in [-0.15, -0.1) is 11.3 Å². The normalized spacial score (nSPS) is 13.9. The maximum Gasteiger partial charge on any atom is 0.161 e. The molecule has 0 saturated heterocycles. The van der Waals surface area contributed by atoms with E-state index in [4.69, 9.17) is 14.9 Å². The number of rotatable bonds is 5. The molecule has 0 unspecified atom stereocenters. The van der Waals surface area contributed by atoms with E-state index in [-0.39, 0.29) is 24.0 Å². The maximum atomic E-state index is 13.2. The van der Waals surface area contributed by atoms with Crippen LogP contribution in [-0.2, 0) is 0 Å². The van der Waals surface area contributed by atoms with E-state index in [2.05, 4.69) is 4.98 Å². The lowest BCUT2D eigenvalue weighted by atomic mass is 10.1. The summed E-state index contributed by atoms with van der Waals surface area (Å²) >= 11 is 1.34. The predicted octanol–water partition coefficient (Wildman–Crippen LogP) is 4.73. The Morgan fingerprint density at radius 3 is 2.52 bits per heavy atom. The van der Waals surface area contributed by atoms with Crippen LogP contribution in [0, 0.1) is 11.2 Å². The maximum absolute atomic E-state index is 13.2. The Hall–Kier alpha value is -3.39. The molecule has 0 aliphatic carbocycles. The molecule has 1 aromatic heterocycles. The van der Waals surface area contributed by atoms with Crippen LogP contribution in [-0.4, -0.2) is 36.7 Å². The van der Waals surface area contributed by atoms with Gasteiger partial charge >= 0.3 is 0 Å². The molecule has 1 aliphatic rings. The average molecular weight is 411 g/mol. The quantitative estimate of drug-likeness (QED) is 0.634. The van der Waals surface area contributed by atoms with Crippen LogP contribution in [0.15, 0.2) is 53.6 Å². The van der Waals surface area contributed by atoms with E-state index >= 15 is 0 Å². The van der Waals surface area contributed by atoms with Crippen LogP contribution in [0.3, 0.4) is 0 Å². The molecule has 1 aliphatic heterocycles. The molecular weight excluding hydrogens is 393 g/mol. The van der Waals surface area contributed by atoms with Crippen LogP contribution >= 0.6 is 11.3 Å². The van der Waals surface area contributed by atoms with Crippen LogP contribution in [0.4, 0.5) is 10.1 Å². The number of thiazole rings is 1. The highest BCUT2D eigenvalue weighted by atomic mass is 32.1. The first kappa shape index (κ1) is 18.9. The van der Waals surface area contributed by atoms with Gasteiger partial charge < -0.3 is 19.5 Å². The molecule has 0 radical (unpaired) electrons. The zero-order chi connectivity index (χ0) is 20.5. The number of benzene rings is 2. The number of hydrogen-bond acceptors (Lipinski definition) is 6. The Kier molecular flexibility index (Phi) is 4.94. The molecule has 2 aromatic carbocycles. The molecule has 6 nitrogen and oxygen atoms in total. The van der Waals surface area contributed by atoms with E-state index in [1.165, 1.54) is 23.5 Å². The van der Waals surface area contributed by atoms with Gasteiger partial charge in [-0.1, -0.05) is 0 Å². The van der Waals surface area contributed by atoms with Gasteiger partial charge in [-0.2, -0.15) is 0 Å². The standard InChI is InChI=1S/C21H18FN3O3S/c1-27-17-8-3-12(9-18(17)28-2)15-11-29-21(24-15)19-16(26)10-25(20(19)23)14-6-4-13(22)5-7-14/h3-9,11,23,26H,10H2,1-2H3. The van der Waals surface area contributed by atoms with Crippen molar-refractivity contribution in [1.82, 2.24) is 4.98 Å². The van der Waals surface area contributed by atoms with Gasteiger partial charge in [-0.05, 0) is 42.5 Å². The molecule has 0 amide bonds. The van der Waals surface area contributed by atoms with Gasteiger partial charge in [0.2, 0.25) is 0 Å². The predicted molar refractivity (Wildman–Crippen MR) is 112 cm³/mol. The van der Waals surface area contributed by atoms with Gasteiger partial charge in [0, 0.05) is 16.6 Å². The van der Waals surface area contributed by atoms with Crippen LogP contribution in [0.2, 0.25) is 0 Å². The number of nitrogens with zero attached hydrogens (tertiary/aromatic N) is 2. The van der Waals surface area contributed by atoms with Crippen LogP contribution in [0.1, 0.15) is 5.01 Å². The lowest BCUT2D eigenvalue weighted by Crippen LogP contribution is -2.25. The Morgan fingerprint density at radius 1 is 1.10 bits per heavy atom. The summed E-state index contributed by atoms with van der Waals surface area (Å²) in [6.07, 6.45) is 0. The molecular formula is C21H18FN3O3S. The molecule has 0 saturated carbocycles. The van der Waals surface area contributed by atoms with Crippen molar-refractivity contribution in [1.29, 1.82) is 5.41 Å². The number of aliphatic hydroxyl groups excluding tert-OH is 1. The third-order valence-corrected chi connectivity index (χ3v) is 5.50. The van der Waals surface area contributed by atoms with Crippen molar-refractivity contribution in [3.8, 4) is 22.8 Å². The number of aliphatic hydroxyl groups is 1. The second kappa shape index (κ2) is 7.56. The van der Waals surface area contributed by atoms with Gasteiger partial charge in [0.25, 0.3) is 0 Å². The van der Waals surface area contributed by atoms with Gasteiger partial charge in [0.15, 0.2) is 11.5 Å². The molecule has 0 spiro atoms. The molecule has 0 bridgehead atoms. The SMILES string of the molecule is COc1ccc(-c2csc(C3=C(O)CN(c4ccc(F)cc4)C3=N)n2)cc1OC. The summed E-state index contributed by atoms with van der Waals surface area (Å²) in [4.78, 5) is 6.23. The number of nitrogens with one attached hydrogen (secondary N) is 1. The number of amidine groups is 1. The van der Waals surface area contributed by atoms with Crippen LogP contribution in [0.5, 0.6) is 11.5 Å². The Bertz CT molecular complexity index is 1110. The summed E-state index contributed by atoms with van der Waals surface area (Å²) in [6.45, 7) is 0.144. The van der Waals surface area contributed by atoms with Gasteiger partial charge in [0.1, 0.15) is 22.4 Å². The highest BCUT2D eigenvalue weighted by Crippen LogP contribution is 2.36. The van der Waals surface area contributed by atoms with Crippen molar-refractivity contribution >= 4 is 28.4 Å². The first-order valence-electron chi connectivity index (χ1n) is 8.74. The van der Waals surface area contributed by atoms with E-state index in [1.807, 2.05) is 17.5 Å². The minimum Gasteiger partial charge on any atom is -0.510 e. The summed E-state index contributed by atoms with van der Waals surface area (Å²) < 4.78 is 23.8. The Morgan fingerprint density at radius 2 is 1.83 bits per heavy atom. The molecule has 2 heterocycles. The summed E-state index contributed by atoms with van der Waals surface area (Å²) in [7, 11) is 3.15. The van der Waals surface area contributed by atoms with E-state index < -0.39 is 0 Å². The first-order valence-corrected chi connectivity index (χ1v) is 9.62. The topological polar surface area (TPSA) is 78.7 Å². The summed E-state index contributed by atoms with van der Waals surface area (Å²) in [5.41, 5.74) is 2.56. The summed E-state index contributed by atoms with van der Waals surface area (Å²) in [5, 5.41) is 21.4. The highest BCUT2D eigenvalue weighted by Gasteiger charge is 2.31. The zero-order valence-electron chi connectivity index (χ0n) is 15.8. The van der Waals surface area contributed by atoms with Crippen molar-refractivity contribution in [2.24, 2.45) is 0 Å². The van der Waals surface area contributed by atoms with Gasteiger partial charge in [0.05, 0.1) is 32.0 Å². The molecule has 4 rings (SSSR count). The third kappa shape index (κ3) is 3.42. The second-order valence-corrected chi connectivity index (χ2v) is 7.20. The number of anilines is 1.